The number of hydrogen-bond donors (Lipinski definition) is 0. The standard InChI is InChI=1S/C50H34S2/c1-31-21-39(27-41(23-31)37-17-19-45-43-13-3-5-15-47(43)51-49(45)29-37)35-11-7-9-33(25-35)34-10-8-12-36(26-34)40-22-32(2)24-42(28-40)38-18-20-46-44-14-4-6-16-48(44)52-50(46)30-38/h3-30H,1-2H3. The molecule has 0 fully saturated rings. The van der Waals surface area contributed by atoms with Crippen molar-refractivity contribution in [2.45, 2.75) is 13.8 Å². The maximum absolute atomic E-state index is 2.36. The van der Waals surface area contributed by atoms with E-state index in [1.807, 2.05) is 22.7 Å². The molecule has 0 bridgehead atoms. The van der Waals surface area contributed by atoms with E-state index in [0.717, 1.165) is 0 Å². The van der Waals surface area contributed by atoms with Crippen molar-refractivity contribution in [2.24, 2.45) is 0 Å². The minimum Gasteiger partial charge on any atom is -0.135 e. The zero-order valence-electron chi connectivity index (χ0n) is 29.0. The van der Waals surface area contributed by atoms with E-state index in [0.29, 0.717) is 0 Å². The van der Waals surface area contributed by atoms with E-state index >= 15 is 0 Å². The van der Waals surface area contributed by atoms with E-state index < -0.39 is 0 Å². The first kappa shape index (κ1) is 31.0. The first-order valence-electron chi connectivity index (χ1n) is 17.8. The molecule has 0 atom stereocenters. The number of thiophene rings is 2. The maximum Gasteiger partial charge on any atom is 0.0361 e. The molecule has 0 nitrogen and oxygen atoms in total. The Bertz CT molecular complexity index is 2790. The fraction of sp³-hybridized carbons (Fsp3) is 0.0400. The third-order valence-corrected chi connectivity index (χ3v) is 12.6. The summed E-state index contributed by atoms with van der Waals surface area (Å²) in [7, 11) is 0. The molecule has 10 aromatic rings. The second kappa shape index (κ2) is 12.5. The summed E-state index contributed by atoms with van der Waals surface area (Å²) >= 11 is 3.75. The molecule has 0 aliphatic carbocycles. The Kier molecular flexibility index (Phi) is 7.42. The highest BCUT2D eigenvalue weighted by Crippen LogP contribution is 2.40. The molecular weight excluding hydrogens is 665 g/mol. The highest BCUT2D eigenvalue weighted by molar-refractivity contribution is 7.26. The van der Waals surface area contributed by atoms with Crippen LogP contribution in [0.3, 0.4) is 0 Å². The van der Waals surface area contributed by atoms with Gasteiger partial charge in [0.05, 0.1) is 0 Å². The van der Waals surface area contributed by atoms with Crippen molar-refractivity contribution in [1.82, 2.24) is 0 Å². The van der Waals surface area contributed by atoms with Crippen LogP contribution in [0, 0.1) is 13.8 Å². The molecule has 246 valence electrons. The smallest absolute Gasteiger partial charge is 0.0361 e. The number of fused-ring (bicyclic) bond motifs is 6. The molecule has 0 unspecified atom stereocenters. The van der Waals surface area contributed by atoms with Crippen LogP contribution in [0.15, 0.2) is 170 Å². The summed E-state index contributed by atoms with van der Waals surface area (Å²) < 4.78 is 5.35. The predicted molar refractivity (Wildman–Crippen MR) is 229 cm³/mol. The zero-order valence-corrected chi connectivity index (χ0v) is 30.6. The second-order valence-corrected chi connectivity index (χ2v) is 16.1. The van der Waals surface area contributed by atoms with Crippen molar-refractivity contribution in [3.05, 3.63) is 181 Å². The molecule has 0 saturated carbocycles. The van der Waals surface area contributed by atoms with Crippen LogP contribution in [-0.2, 0) is 0 Å². The van der Waals surface area contributed by atoms with Crippen LogP contribution in [0.4, 0.5) is 0 Å². The highest BCUT2D eigenvalue weighted by Gasteiger charge is 2.12. The van der Waals surface area contributed by atoms with Gasteiger partial charge in [-0.25, -0.2) is 0 Å². The van der Waals surface area contributed by atoms with Crippen LogP contribution in [0.1, 0.15) is 11.1 Å². The summed E-state index contributed by atoms with van der Waals surface area (Å²) in [5, 5.41) is 5.35. The zero-order chi connectivity index (χ0) is 34.8. The maximum atomic E-state index is 2.36. The molecule has 10 rings (SSSR count). The van der Waals surface area contributed by atoms with Gasteiger partial charge in [0.1, 0.15) is 0 Å². The molecule has 0 spiro atoms. The summed E-state index contributed by atoms with van der Waals surface area (Å²) in [5.74, 6) is 0. The Balaban J connectivity index is 0.982. The molecule has 0 amide bonds. The average molecular weight is 699 g/mol. The predicted octanol–water partition coefficient (Wildman–Crippen LogP) is 15.4. The van der Waals surface area contributed by atoms with Gasteiger partial charge in [0.25, 0.3) is 0 Å². The van der Waals surface area contributed by atoms with Gasteiger partial charge in [-0.2, -0.15) is 0 Å². The third kappa shape index (κ3) is 5.52. The lowest BCUT2D eigenvalue weighted by Gasteiger charge is -2.12. The minimum atomic E-state index is 1.22. The topological polar surface area (TPSA) is 0 Å². The Morgan fingerprint density at radius 3 is 1.00 bits per heavy atom. The molecule has 0 aliphatic heterocycles. The minimum absolute atomic E-state index is 1.22. The van der Waals surface area contributed by atoms with Gasteiger partial charge >= 0.3 is 0 Å². The number of benzene rings is 8. The Labute approximate surface area is 311 Å². The summed E-state index contributed by atoms with van der Waals surface area (Å²) in [6.07, 6.45) is 0. The summed E-state index contributed by atoms with van der Waals surface area (Å²) in [5.41, 5.74) is 14.9. The van der Waals surface area contributed by atoms with E-state index in [1.165, 1.54) is 107 Å². The molecule has 0 aliphatic rings. The van der Waals surface area contributed by atoms with Crippen molar-refractivity contribution in [3.8, 4) is 55.6 Å². The van der Waals surface area contributed by atoms with Gasteiger partial charge in [0, 0.05) is 40.3 Å². The molecule has 0 N–H and O–H groups in total. The Morgan fingerprint density at radius 2 is 0.577 bits per heavy atom. The van der Waals surface area contributed by atoms with Gasteiger partial charge in [-0.05, 0) is 129 Å². The number of rotatable bonds is 5. The third-order valence-electron chi connectivity index (χ3n) is 10.3. The van der Waals surface area contributed by atoms with Gasteiger partial charge < -0.3 is 0 Å². The van der Waals surface area contributed by atoms with E-state index in [2.05, 4.69) is 184 Å². The lowest BCUT2D eigenvalue weighted by Crippen LogP contribution is -1.87. The van der Waals surface area contributed by atoms with E-state index in [9.17, 15) is 0 Å². The quantitative estimate of drug-likeness (QED) is 0.168. The number of aryl methyl sites for hydroxylation is 2. The molecular formula is C50H34S2. The van der Waals surface area contributed by atoms with Crippen LogP contribution in [0.2, 0.25) is 0 Å². The van der Waals surface area contributed by atoms with Gasteiger partial charge in [0.2, 0.25) is 0 Å². The van der Waals surface area contributed by atoms with Crippen LogP contribution in [0.25, 0.3) is 96.0 Å². The molecule has 0 radical (unpaired) electrons. The fourth-order valence-electron chi connectivity index (χ4n) is 7.80. The number of hydrogen-bond acceptors (Lipinski definition) is 2. The highest BCUT2D eigenvalue weighted by atomic mass is 32.1. The summed E-state index contributed by atoms with van der Waals surface area (Å²) in [4.78, 5) is 0. The first-order chi connectivity index (χ1) is 25.5. The average Bonchev–Trinajstić information content (AvgIpc) is 3.75. The van der Waals surface area contributed by atoms with Crippen LogP contribution in [0.5, 0.6) is 0 Å². The monoisotopic (exact) mass is 698 g/mol. The van der Waals surface area contributed by atoms with Crippen molar-refractivity contribution in [1.29, 1.82) is 0 Å². The summed E-state index contributed by atoms with van der Waals surface area (Å²) in [6.45, 7) is 4.41. The normalized spacial score (nSPS) is 11.7. The first-order valence-corrected chi connectivity index (χ1v) is 19.4. The van der Waals surface area contributed by atoms with Gasteiger partial charge in [-0.15, -0.1) is 22.7 Å². The lowest BCUT2D eigenvalue weighted by molar-refractivity contribution is 1.46. The van der Waals surface area contributed by atoms with Crippen LogP contribution >= 0.6 is 22.7 Å². The SMILES string of the molecule is Cc1cc(-c2cccc(-c3cccc(-c4cc(C)cc(-c5ccc6c(c5)sc5ccccc56)c4)c3)c2)cc(-c2ccc3c(c2)sc2ccccc23)c1. The molecule has 2 heteroatoms. The summed E-state index contributed by atoms with van der Waals surface area (Å²) in [6, 6.07) is 63.2. The van der Waals surface area contributed by atoms with Crippen molar-refractivity contribution < 1.29 is 0 Å². The molecule has 8 aromatic carbocycles. The fourth-order valence-corrected chi connectivity index (χ4v) is 10.1. The molecule has 0 saturated heterocycles. The van der Waals surface area contributed by atoms with Crippen molar-refractivity contribution in [2.75, 3.05) is 0 Å². The van der Waals surface area contributed by atoms with Crippen molar-refractivity contribution >= 4 is 63.0 Å². The Morgan fingerprint density at radius 1 is 0.250 bits per heavy atom. The molecule has 2 aromatic heterocycles. The molecule has 2 heterocycles. The van der Waals surface area contributed by atoms with E-state index in [4.69, 9.17) is 0 Å². The van der Waals surface area contributed by atoms with E-state index in [1.54, 1.807) is 0 Å². The van der Waals surface area contributed by atoms with Gasteiger partial charge in [-0.3, -0.25) is 0 Å². The Hall–Kier alpha value is -5.80. The van der Waals surface area contributed by atoms with Crippen LogP contribution in [-0.4, -0.2) is 0 Å². The van der Waals surface area contributed by atoms with Crippen LogP contribution < -0.4 is 0 Å². The van der Waals surface area contributed by atoms with E-state index in [-0.39, 0.29) is 0 Å². The molecule has 52 heavy (non-hydrogen) atoms. The lowest BCUT2D eigenvalue weighted by atomic mass is 9.92. The van der Waals surface area contributed by atoms with Gasteiger partial charge in [0.15, 0.2) is 0 Å². The van der Waals surface area contributed by atoms with Gasteiger partial charge in [-0.1, -0.05) is 121 Å². The second-order valence-electron chi connectivity index (χ2n) is 14.0. The van der Waals surface area contributed by atoms with Crippen molar-refractivity contribution in [3.63, 3.8) is 0 Å². The largest absolute Gasteiger partial charge is 0.135 e.